The normalized spacial score (nSPS) is 10.3. The maximum Gasteiger partial charge on any atom is 0.255 e. The molecule has 0 heterocycles. The largest absolute Gasteiger partial charge is 0.492 e. The van der Waals surface area contributed by atoms with Crippen LogP contribution in [-0.4, -0.2) is 18.4 Å². The number of hydrogen-bond donors (Lipinski definition) is 2. The van der Waals surface area contributed by atoms with Gasteiger partial charge < -0.3 is 15.4 Å². The summed E-state index contributed by atoms with van der Waals surface area (Å²) in [6.07, 6.45) is 0. The van der Waals surface area contributed by atoms with Crippen molar-refractivity contribution in [3.8, 4) is 5.75 Å². The van der Waals surface area contributed by atoms with Gasteiger partial charge in [-0.25, -0.2) is 8.78 Å². The van der Waals surface area contributed by atoms with Gasteiger partial charge in [0.25, 0.3) is 11.8 Å². The standard InChI is InChI=1S/C22H18F2N2O3/c1-2-29-20-9-4-3-8-19(20)26-22(28)15-7-5-6-14(12-15)21(27)25-18-11-10-16(23)13-17(18)24/h3-13H,2H2,1H3,(H,25,27)(H,26,28). The van der Waals surface area contributed by atoms with E-state index in [0.717, 1.165) is 12.1 Å². The number of nitrogens with one attached hydrogen (secondary N) is 2. The summed E-state index contributed by atoms with van der Waals surface area (Å²) in [6, 6.07) is 15.8. The molecule has 148 valence electrons. The summed E-state index contributed by atoms with van der Waals surface area (Å²) >= 11 is 0. The lowest BCUT2D eigenvalue weighted by Crippen LogP contribution is -2.16. The molecule has 0 unspecified atom stereocenters. The molecule has 3 rings (SSSR count). The minimum absolute atomic E-state index is 0.152. The Morgan fingerprint density at radius 1 is 0.828 bits per heavy atom. The zero-order valence-corrected chi connectivity index (χ0v) is 15.5. The maximum atomic E-state index is 13.7. The molecule has 0 aliphatic carbocycles. The third kappa shape index (κ3) is 4.95. The van der Waals surface area contributed by atoms with Crippen LogP contribution in [0.15, 0.2) is 66.7 Å². The van der Waals surface area contributed by atoms with Crippen molar-refractivity contribution in [1.29, 1.82) is 0 Å². The van der Waals surface area contributed by atoms with E-state index in [9.17, 15) is 18.4 Å². The van der Waals surface area contributed by atoms with Gasteiger partial charge in [0.2, 0.25) is 0 Å². The number of rotatable bonds is 6. The number of para-hydroxylation sites is 2. The molecule has 5 nitrogen and oxygen atoms in total. The van der Waals surface area contributed by atoms with Crippen LogP contribution >= 0.6 is 0 Å². The molecular weight excluding hydrogens is 378 g/mol. The molecule has 2 amide bonds. The number of carbonyl (C=O) groups is 2. The second kappa shape index (κ2) is 8.97. The fourth-order valence-corrected chi connectivity index (χ4v) is 2.63. The first-order valence-corrected chi connectivity index (χ1v) is 8.87. The summed E-state index contributed by atoms with van der Waals surface area (Å²) in [5, 5.41) is 5.11. The van der Waals surface area contributed by atoms with Gasteiger partial charge in [0.1, 0.15) is 17.4 Å². The molecule has 0 saturated carbocycles. The van der Waals surface area contributed by atoms with Crippen molar-refractivity contribution < 1.29 is 23.1 Å². The summed E-state index contributed by atoms with van der Waals surface area (Å²) < 4.78 is 32.2. The van der Waals surface area contributed by atoms with E-state index in [-0.39, 0.29) is 16.8 Å². The molecule has 0 spiro atoms. The Hall–Kier alpha value is -3.74. The number of benzene rings is 3. The summed E-state index contributed by atoms with van der Waals surface area (Å²) in [5.41, 5.74) is 0.738. The topological polar surface area (TPSA) is 67.4 Å². The van der Waals surface area contributed by atoms with E-state index in [1.165, 1.54) is 12.1 Å². The highest BCUT2D eigenvalue weighted by Crippen LogP contribution is 2.24. The lowest BCUT2D eigenvalue weighted by molar-refractivity contribution is 0.102. The van der Waals surface area contributed by atoms with Crippen LogP contribution in [0.2, 0.25) is 0 Å². The van der Waals surface area contributed by atoms with Crippen molar-refractivity contribution in [1.82, 2.24) is 0 Å². The fraction of sp³-hybridized carbons (Fsp3) is 0.0909. The van der Waals surface area contributed by atoms with Gasteiger partial charge in [-0.1, -0.05) is 18.2 Å². The van der Waals surface area contributed by atoms with Gasteiger partial charge in [-0.05, 0) is 49.4 Å². The predicted molar refractivity (Wildman–Crippen MR) is 106 cm³/mol. The van der Waals surface area contributed by atoms with Gasteiger partial charge >= 0.3 is 0 Å². The highest BCUT2D eigenvalue weighted by Gasteiger charge is 2.14. The average molecular weight is 396 g/mol. The quantitative estimate of drug-likeness (QED) is 0.625. The number of amides is 2. The van der Waals surface area contributed by atoms with Crippen molar-refractivity contribution in [3.63, 3.8) is 0 Å². The number of ether oxygens (including phenoxy) is 1. The minimum Gasteiger partial charge on any atom is -0.492 e. The van der Waals surface area contributed by atoms with Crippen LogP contribution in [0.3, 0.4) is 0 Å². The third-order valence-electron chi connectivity index (χ3n) is 4.00. The Morgan fingerprint density at radius 2 is 1.48 bits per heavy atom. The summed E-state index contributed by atoms with van der Waals surface area (Å²) in [6.45, 7) is 2.28. The molecule has 7 heteroatoms. The third-order valence-corrected chi connectivity index (χ3v) is 4.00. The van der Waals surface area contributed by atoms with Crippen LogP contribution in [0.4, 0.5) is 20.2 Å². The molecule has 0 aliphatic rings. The molecule has 0 saturated heterocycles. The Kier molecular flexibility index (Phi) is 6.19. The minimum atomic E-state index is -0.889. The van der Waals surface area contributed by atoms with Crippen molar-refractivity contribution in [2.45, 2.75) is 6.92 Å². The number of anilines is 2. The van der Waals surface area contributed by atoms with Crippen LogP contribution in [0.5, 0.6) is 5.75 Å². The van der Waals surface area contributed by atoms with Crippen LogP contribution in [-0.2, 0) is 0 Å². The number of halogens is 2. The lowest BCUT2D eigenvalue weighted by Gasteiger charge is -2.12. The molecule has 0 radical (unpaired) electrons. The summed E-state index contributed by atoms with van der Waals surface area (Å²) in [5.74, 6) is -2.16. The average Bonchev–Trinajstić information content (AvgIpc) is 2.71. The zero-order chi connectivity index (χ0) is 20.8. The highest BCUT2D eigenvalue weighted by molar-refractivity contribution is 6.09. The summed E-state index contributed by atoms with van der Waals surface area (Å²) in [4.78, 5) is 25.0. The van der Waals surface area contributed by atoms with E-state index in [4.69, 9.17) is 4.74 Å². The van der Waals surface area contributed by atoms with E-state index in [1.54, 1.807) is 36.4 Å². The fourth-order valence-electron chi connectivity index (χ4n) is 2.63. The van der Waals surface area contributed by atoms with Gasteiger partial charge in [-0.15, -0.1) is 0 Å². The van der Waals surface area contributed by atoms with E-state index < -0.39 is 23.4 Å². The number of carbonyl (C=O) groups excluding carboxylic acids is 2. The van der Waals surface area contributed by atoms with Gasteiger partial charge in [0.15, 0.2) is 0 Å². The van der Waals surface area contributed by atoms with E-state index in [0.29, 0.717) is 24.1 Å². The number of hydrogen-bond acceptors (Lipinski definition) is 3. The van der Waals surface area contributed by atoms with Gasteiger partial charge in [0, 0.05) is 17.2 Å². The molecule has 2 N–H and O–H groups in total. The van der Waals surface area contributed by atoms with Crippen LogP contribution in [0, 0.1) is 11.6 Å². The summed E-state index contributed by atoms with van der Waals surface area (Å²) in [7, 11) is 0. The smallest absolute Gasteiger partial charge is 0.255 e. The van der Waals surface area contributed by atoms with Gasteiger partial charge in [-0.3, -0.25) is 9.59 Å². The molecule has 29 heavy (non-hydrogen) atoms. The Labute approximate surface area is 166 Å². The second-order valence-corrected chi connectivity index (χ2v) is 6.04. The molecule has 3 aromatic carbocycles. The lowest BCUT2D eigenvalue weighted by atomic mass is 10.1. The van der Waals surface area contributed by atoms with Crippen LogP contribution < -0.4 is 15.4 Å². The molecule has 0 fully saturated rings. The van der Waals surface area contributed by atoms with E-state index in [2.05, 4.69) is 10.6 Å². The Morgan fingerprint density at radius 3 is 2.14 bits per heavy atom. The second-order valence-electron chi connectivity index (χ2n) is 6.04. The molecule has 0 atom stereocenters. The van der Waals surface area contributed by atoms with Crippen molar-refractivity contribution in [3.05, 3.63) is 89.5 Å². The van der Waals surface area contributed by atoms with Crippen molar-refractivity contribution >= 4 is 23.2 Å². The zero-order valence-electron chi connectivity index (χ0n) is 15.5. The predicted octanol–water partition coefficient (Wildman–Crippen LogP) is 4.87. The van der Waals surface area contributed by atoms with E-state index >= 15 is 0 Å². The first-order chi connectivity index (χ1) is 14.0. The first-order valence-electron chi connectivity index (χ1n) is 8.87. The molecular formula is C22H18F2N2O3. The highest BCUT2D eigenvalue weighted by atomic mass is 19.1. The van der Waals surface area contributed by atoms with E-state index in [1.807, 2.05) is 6.92 Å². The molecule has 3 aromatic rings. The van der Waals surface area contributed by atoms with Crippen molar-refractivity contribution in [2.75, 3.05) is 17.2 Å². The van der Waals surface area contributed by atoms with Crippen molar-refractivity contribution in [2.24, 2.45) is 0 Å². The van der Waals surface area contributed by atoms with Gasteiger partial charge in [-0.2, -0.15) is 0 Å². The van der Waals surface area contributed by atoms with Crippen LogP contribution in [0.1, 0.15) is 27.6 Å². The monoisotopic (exact) mass is 396 g/mol. The SMILES string of the molecule is CCOc1ccccc1NC(=O)c1cccc(C(=O)Nc2ccc(F)cc2F)c1. The molecule has 0 bridgehead atoms. The Bertz CT molecular complexity index is 1050. The first kappa shape index (κ1) is 20.0. The Balaban J connectivity index is 1.76. The molecule has 0 aliphatic heterocycles. The maximum absolute atomic E-state index is 13.7. The molecule has 0 aromatic heterocycles. The van der Waals surface area contributed by atoms with Crippen LogP contribution in [0.25, 0.3) is 0 Å². The van der Waals surface area contributed by atoms with Gasteiger partial charge in [0.05, 0.1) is 18.0 Å².